The minimum atomic E-state index is -1.73. The number of carboxylic acid groups (broad SMARTS) is 1. The summed E-state index contributed by atoms with van der Waals surface area (Å²) in [7, 11) is 0. The van der Waals surface area contributed by atoms with Gasteiger partial charge >= 0.3 is 5.97 Å². The number of nitrogens with one attached hydrogen (secondary N) is 2. The van der Waals surface area contributed by atoms with E-state index in [2.05, 4.69) is 10.6 Å². The van der Waals surface area contributed by atoms with E-state index in [0.29, 0.717) is 11.5 Å². The maximum Gasteiger partial charge on any atom is 0.332 e. The Morgan fingerprint density at radius 3 is 2.43 bits per heavy atom. The zero-order valence-corrected chi connectivity index (χ0v) is 18.9. The highest BCUT2D eigenvalue weighted by Gasteiger charge is 2.46. The molecule has 0 radical (unpaired) electrons. The van der Waals surface area contributed by atoms with Gasteiger partial charge in [0.2, 0.25) is 5.91 Å². The second kappa shape index (κ2) is 11.8. The lowest BCUT2D eigenvalue weighted by molar-refractivity contribution is -0.193. The fourth-order valence-corrected chi connectivity index (χ4v) is 3.74. The van der Waals surface area contributed by atoms with Gasteiger partial charge in [-0.05, 0) is 30.3 Å². The van der Waals surface area contributed by atoms with Gasteiger partial charge < -0.3 is 40.5 Å². The summed E-state index contributed by atoms with van der Waals surface area (Å²) in [5, 5.41) is 45.5. The maximum absolute atomic E-state index is 12.6. The third kappa shape index (κ3) is 6.99. The number of benzene rings is 2. The van der Waals surface area contributed by atoms with Gasteiger partial charge in [-0.25, -0.2) is 4.79 Å². The van der Waals surface area contributed by atoms with Crippen LogP contribution in [-0.4, -0.2) is 81.3 Å². The Morgan fingerprint density at radius 1 is 1.09 bits per heavy atom. The van der Waals surface area contributed by atoms with E-state index in [9.17, 15) is 34.8 Å². The van der Waals surface area contributed by atoms with Crippen molar-refractivity contribution in [1.29, 1.82) is 0 Å². The lowest BCUT2D eigenvalue weighted by atomic mass is 9.90. The standard InChI is InChI=1S/C24H28N2O9/c1-13(27)26-20-17(28)11-19(24(32)33)35-22(20)21(30)18(29)12-25-23(31)14-6-5-9-16(10-14)34-15-7-3-2-4-8-15/h2-10,17-22,28-30H,11-12H2,1H3,(H,25,31)(H,26,27)(H,32,33)/t17-,18+,19+,20+,21+,22+/m0/s1. The minimum Gasteiger partial charge on any atom is -0.479 e. The third-order valence-corrected chi connectivity index (χ3v) is 5.47. The van der Waals surface area contributed by atoms with E-state index in [1.54, 1.807) is 30.3 Å². The van der Waals surface area contributed by atoms with Gasteiger partial charge in [0.25, 0.3) is 5.91 Å². The normalized spacial score (nSPS) is 23.5. The summed E-state index contributed by atoms with van der Waals surface area (Å²) in [6.07, 6.45) is -7.83. The van der Waals surface area contributed by atoms with Crippen LogP contribution < -0.4 is 15.4 Å². The van der Waals surface area contributed by atoms with Crippen LogP contribution in [0.3, 0.4) is 0 Å². The molecule has 1 aliphatic heterocycles. The predicted octanol–water partition coefficient (Wildman–Crippen LogP) is 0.0382. The van der Waals surface area contributed by atoms with Crippen molar-refractivity contribution in [1.82, 2.24) is 10.6 Å². The van der Waals surface area contributed by atoms with Gasteiger partial charge in [-0.3, -0.25) is 9.59 Å². The Balaban J connectivity index is 1.63. The number of carbonyl (C=O) groups is 3. The van der Waals surface area contributed by atoms with E-state index in [4.69, 9.17) is 9.47 Å². The molecule has 0 aliphatic carbocycles. The molecule has 1 saturated heterocycles. The molecule has 35 heavy (non-hydrogen) atoms. The molecule has 1 fully saturated rings. The number of rotatable bonds is 9. The van der Waals surface area contributed by atoms with Crippen molar-refractivity contribution in [2.24, 2.45) is 0 Å². The van der Waals surface area contributed by atoms with E-state index in [1.807, 2.05) is 18.2 Å². The van der Waals surface area contributed by atoms with E-state index in [-0.39, 0.29) is 12.0 Å². The Labute approximate surface area is 201 Å². The summed E-state index contributed by atoms with van der Waals surface area (Å²) >= 11 is 0. The summed E-state index contributed by atoms with van der Waals surface area (Å²) in [5.74, 6) is -1.44. The smallest absolute Gasteiger partial charge is 0.332 e. The number of ether oxygens (including phenoxy) is 2. The van der Waals surface area contributed by atoms with Crippen LogP contribution in [0.15, 0.2) is 54.6 Å². The second-order valence-corrected chi connectivity index (χ2v) is 8.17. The number of carbonyl (C=O) groups excluding carboxylic acids is 2. The minimum absolute atomic E-state index is 0.242. The number of carboxylic acids is 1. The zero-order valence-electron chi connectivity index (χ0n) is 18.9. The molecule has 1 heterocycles. The lowest BCUT2D eigenvalue weighted by Gasteiger charge is -2.41. The number of aliphatic hydroxyl groups is 3. The number of aliphatic carboxylic acids is 1. The van der Waals surface area contributed by atoms with E-state index in [0.717, 1.165) is 0 Å². The van der Waals surface area contributed by atoms with Gasteiger partial charge in [0.15, 0.2) is 6.10 Å². The summed E-state index contributed by atoms with van der Waals surface area (Å²) in [6, 6.07) is 14.2. The molecule has 0 bridgehead atoms. The first-order valence-electron chi connectivity index (χ1n) is 11.0. The van der Waals surface area contributed by atoms with E-state index >= 15 is 0 Å². The van der Waals surface area contributed by atoms with Crippen LogP contribution in [0, 0.1) is 0 Å². The molecule has 188 valence electrons. The van der Waals surface area contributed by atoms with Crippen LogP contribution in [-0.2, 0) is 14.3 Å². The quantitative estimate of drug-likeness (QED) is 0.285. The average molecular weight is 488 g/mol. The van der Waals surface area contributed by atoms with E-state index < -0.39 is 60.9 Å². The first-order chi connectivity index (χ1) is 16.7. The lowest BCUT2D eigenvalue weighted by Crippen LogP contribution is -2.63. The third-order valence-electron chi connectivity index (χ3n) is 5.47. The van der Waals surface area contributed by atoms with Gasteiger partial charge in [-0.15, -0.1) is 0 Å². The number of hydrogen-bond donors (Lipinski definition) is 6. The fraction of sp³-hybridized carbons (Fsp3) is 0.375. The van der Waals surface area contributed by atoms with Crippen molar-refractivity contribution >= 4 is 17.8 Å². The van der Waals surface area contributed by atoms with Crippen molar-refractivity contribution < 1.29 is 44.3 Å². The molecule has 0 unspecified atom stereocenters. The molecule has 0 aromatic heterocycles. The van der Waals surface area contributed by atoms with Crippen molar-refractivity contribution in [3.63, 3.8) is 0 Å². The van der Waals surface area contributed by atoms with Gasteiger partial charge in [-0.2, -0.15) is 0 Å². The fourth-order valence-electron chi connectivity index (χ4n) is 3.74. The summed E-state index contributed by atoms with van der Waals surface area (Å²) in [4.78, 5) is 35.5. The Hall–Kier alpha value is -3.51. The van der Waals surface area contributed by atoms with Crippen molar-refractivity contribution in [3.8, 4) is 11.5 Å². The van der Waals surface area contributed by atoms with Gasteiger partial charge in [0, 0.05) is 25.5 Å². The highest BCUT2D eigenvalue weighted by Crippen LogP contribution is 2.25. The molecule has 6 atom stereocenters. The molecule has 1 aliphatic rings. The Morgan fingerprint density at radius 2 is 1.77 bits per heavy atom. The van der Waals surface area contributed by atoms with Crippen LogP contribution in [0.4, 0.5) is 0 Å². The Kier molecular flexibility index (Phi) is 8.77. The molecule has 2 aromatic rings. The Bertz CT molecular complexity index is 1030. The number of amides is 2. The highest BCUT2D eigenvalue weighted by molar-refractivity contribution is 5.94. The molecular weight excluding hydrogens is 460 g/mol. The predicted molar refractivity (Wildman–Crippen MR) is 122 cm³/mol. The van der Waals surface area contributed by atoms with Gasteiger partial charge in [0.1, 0.15) is 23.7 Å². The molecule has 6 N–H and O–H groups in total. The van der Waals surface area contributed by atoms with E-state index in [1.165, 1.54) is 13.0 Å². The van der Waals surface area contributed by atoms with Gasteiger partial charge in [-0.1, -0.05) is 24.3 Å². The van der Waals surface area contributed by atoms with Crippen molar-refractivity contribution in [2.75, 3.05) is 6.54 Å². The van der Waals surface area contributed by atoms with Crippen molar-refractivity contribution in [2.45, 2.75) is 49.9 Å². The van der Waals surface area contributed by atoms with Crippen LogP contribution in [0.25, 0.3) is 0 Å². The largest absolute Gasteiger partial charge is 0.479 e. The SMILES string of the molecule is CC(=O)N[C@H]1[C@H]([C@H](O)[C@H](O)CNC(=O)c2cccc(Oc3ccccc3)c2)O[C@@H](C(=O)O)C[C@@H]1O. The molecule has 11 nitrogen and oxygen atoms in total. The number of aliphatic hydroxyl groups excluding tert-OH is 3. The maximum atomic E-state index is 12.6. The highest BCUT2D eigenvalue weighted by atomic mass is 16.5. The second-order valence-electron chi connectivity index (χ2n) is 8.17. The summed E-state index contributed by atoms with van der Waals surface area (Å²) in [6.45, 7) is 0.774. The van der Waals surface area contributed by atoms with Gasteiger partial charge in [0.05, 0.1) is 18.2 Å². The molecule has 0 spiro atoms. The van der Waals surface area contributed by atoms with Crippen LogP contribution in [0.1, 0.15) is 23.7 Å². The summed E-state index contributed by atoms with van der Waals surface area (Å²) in [5.41, 5.74) is 0.242. The molecule has 3 rings (SSSR count). The average Bonchev–Trinajstić information content (AvgIpc) is 2.83. The molecule has 2 aromatic carbocycles. The molecule has 11 heteroatoms. The molecule has 0 saturated carbocycles. The van der Waals surface area contributed by atoms with Crippen LogP contribution in [0.5, 0.6) is 11.5 Å². The first kappa shape index (κ1) is 26.1. The topological polar surface area (TPSA) is 175 Å². The van der Waals surface area contributed by atoms with Crippen LogP contribution in [0.2, 0.25) is 0 Å². The zero-order chi connectivity index (χ0) is 25.5. The van der Waals surface area contributed by atoms with Crippen molar-refractivity contribution in [3.05, 3.63) is 60.2 Å². The number of para-hydroxylation sites is 1. The van der Waals surface area contributed by atoms with Crippen LogP contribution >= 0.6 is 0 Å². The molecular formula is C24H28N2O9. The number of hydrogen-bond acceptors (Lipinski definition) is 8. The summed E-state index contributed by atoms with van der Waals surface area (Å²) < 4.78 is 11.1. The molecule has 2 amide bonds. The first-order valence-corrected chi connectivity index (χ1v) is 11.0. The monoisotopic (exact) mass is 488 g/mol.